The highest BCUT2D eigenvalue weighted by Gasteiger charge is 2.49. The number of piperidine rings is 1. The van der Waals surface area contributed by atoms with E-state index in [4.69, 9.17) is 4.74 Å². The van der Waals surface area contributed by atoms with Crippen molar-refractivity contribution in [3.8, 4) is 5.69 Å². The summed E-state index contributed by atoms with van der Waals surface area (Å²) in [5.41, 5.74) is 3.22. The van der Waals surface area contributed by atoms with Gasteiger partial charge in [0.15, 0.2) is 6.33 Å². The number of carbonyl (C=O) groups excluding carboxylic acids is 2. The molecule has 9 heteroatoms. The third kappa shape index (κ3) is 3.63. The molecule has 0 unspecified atom stereocenters. The van der Waals surface area contributed by atoms with E-state index in [0.717, 1.165) is 56.7 Å². The molecule has 0 bridgehead atoms. The Morgan fingerprint density at radius 1 is 1.06 bits per heavy atom. The average Bonchev–Trinajstić information content (AvgIpc) is 3.51. The van der Waals surface area contributed by atoms with Crippen LogP contribution in [0.4, 0.5) is 0 Å². The van der Waals surface area contributed by atoms with E-state index in [0.29, 0.717) is 12.1 Å². The quantitative estimate of drug-likeness (QED) is 0.672. The van der Waals surface area contributed by atoms with Gasteiger partial charge < -0.3 is 14.5 Å². The van der Waals surface area contributed by atoms with Gasteiger partial charge in [-0.1, -0.05) is 12.1 Å². The van der Waals surface area contributed by atoms with Crippen molar-refractivity contribution in [1.82, 2.24) is 30.0 Å². The molecule has 0 atom stereocenters. The molecule has 1 aromatic heterocycles. The Hall–Kier alpha value is -3.07. The number of cyclic esters (lactones) is 1. The highest BCUT2D eigenvalue weighted by Crippen LogP contribution is 2.43. The Morgan fingerprint density at radius 2 is 1.81 bits per heavy atom. The van der Waals surface area contributed by atoms with Crippen LogP contribution in [0.15, 0.2) is 41.9 Å². The lowest BCUT2D eigenvalue weighted by Gasteiger charge is -2.38. The number of aromatic nitrogens is 4. The minimum atomic E-state index is -0.302. The van der Waals surface area contributed by atoms with E-state index in [1.165, 1.54) is 16.7 Å². The summed E-state index contributed by atoms with van der Waals surface area (Å²) in [6.45, 7) is 5.49. The fourth-order valence-corrected chi connectivity index (χ4v) is 4.86. The highest BCUT2D eigenvalue weighted by atomic mass is 16.5. The van der Waals surface area contributed by atoms with Crippen LogP contribution in [-0.4, -0.2) is 74.7 Å². The lowest BCUT2D eigenvalue weighted by atomic mass is 9.77. The van der Waals surface area contributed by atoms with Gasteiger partial charge in [0.25, 0.3) is 0 Å². The van der Waals surface area contributed by atoms with Gasteiger partial charge >= 0.3 is 5.97 Å². The molecule has 9 nitrogen and oxygen atoms in total. The number of nitrogens with zero attached hydrogens (tertiary/aromatic N) is 6. The largest absolute Gasteiger partial charge is 0.456 e. The third-order valence-electron chi connectivity index (χ3n) is 6.96. The lowest BCUT2D eigenvalue weighted by molar-refractivity contribution is -0.138. The van der Waals surface area contributed by atoms with Gasteiger partial charge in [0.1, 0.15) is 6.61 Å². The zero-order valence-electron chi connectivity index (χ0n) is 17.7. The van der Waals surface area contributed by atoms with E-state index in [1.807, 2.05) is 12.1 Å². The molecule has 162 valence electrons. The van der Waals surface area contributed by atoms with E-state index in [-0.39, 0.29) is 23.9 Å². The molecule has 3 aliphatic rings. The van der Waals surface area contributed by atoms with Gasteiger partial charge in [-0.2, -0.15) is 0 Å². The van der Waals surface area contributed by atoms with Gasteiger partial charge in [0.05, 0.1) is 22.4 Å². The van der Waals surface area contributed by atoms with Gasteiger partial charge in [-0.25, -0.2) is 4.79 Å². The molecule has 2 aromatic rings. The van der Waals surface area contributed by atoms with Crippen LogP contribution in [0.2, 0.25) is 0 Å². The van der Waals surface area contributed by atoms with Gasteiger partial charge in [-0.3, -0.25) is 4.79 Å². The molecule has 4 heterocycles. The minimum Gasteiger partial charge on any atom is -0.456 e. The predicted octanol–water partition coefficient (Wildman–Crippen LogP) is 1.35. The van der Waals surface area contributed by atoms with E-state index < -0.39 is 0 Å². The van der Waals surface area contributed by atoms with Crippen LogP contribution in [0.5, 0.6) is 0 Å². The minimum absolute atomic E-state index is 0.178. The van der Waals surface area contributed by atoms with Crippen LogP contribution in [0.1, 0.15) is 31.7 Å². The Labute approximate surface area is 180 Å². The second-order valence-corrected chi connectivity index (χ2v) is 8.62. The summed E-state index contributed by atoms with van der Waals surface area (Å²) in [7, 11) is 0. The maximum atomic E-state index is 13.2. The zero-order chi connectivity index (χ0) is 21.4. The first-order chi connectivity index (χ1) is 15.1. The molecule has 2 saturated heterocycles. The fraction of sp³-hybridized carbons (Fsp3) is 0.500. The third-order valence-corrected chi connectivity index (χ3v) is 6.96. The summed E-state index contributed by atoms with van der Waals surface area (Å²) >= 11 is 0. The van der Waals surface area contributed by atoms with Crippen molar-refractivity contribution >= 4 is 11.9 Å². The molecule has 1 amide bonds. The van der Waals surface area contributed by atoms with Crippen LogP contribution < -0.4 is 0 Å². The normalized spacial score (nSPS) is 21.4. The van der Waals surface area contributed by atoms with Crippen molar-refractivity contribution < 1.29 is 14.3 Å². The topological polar surface area (TPSA) is 93.5 Å². The number of esters is 1. The second kappa shape index (κ2) is 7.88. The Balaban J connectivity index is 1.15. The van der Waals surface area contributed by atoms with Gasteiger partial charge in [-0.15, -0.1) is 15.0 Å². The molecular weight excluding hydrogens is 396 g/mol. The SMILES string of the molecule is CC1=C(N2CCC3(CCN(CCc4ccc(-n5ncnn5)cc4)CC3)C2=O)COC1=O. The summed E-state index contributed by atoms with van der Waals surface area (Å²) in [5, 5.41) is 11.7. The summed E-state index contributed by atoms with van der Waals surface area (Å²) in [4.78, 5) is 30.7. The van der Waals surface area contributed by atoms with Crippen LogP contribution in [0, 0.1) is 5.41 Å². The van der Waals surface area contributed by atoms with Gasteiger partial charge in [0, 0.05) is 13.1 Å². The first-order valence-electron chi connectivity index (χ1n) is 10.8. The maximum absolute atomic E-state index is 13.2. The summed E-state index contributed by atoms with van der Waals surface area (Å²) in [6.07, 6.45) is 5.00. The van der Waals surface area contributed by atoms with Crippen molar-refractivity contribution in [2.24, 2.45) is 5.41 Å². The Morgan fingerprint density at radius 3 is 2.45 bits per heavy atom. The van der Waals surface area contributed by atoms with E-state index >= 15 is 0 Å². The van der Waals surface area contributed by atoms with E-state index in [2.05, 4.69) is 32.4 Å². The molecule has 0 saturated carbocycles. The van der Waals surface area contributed by atoms with Gasteiger partial charge in [-0.05, 0) is 68.6 Å². The number of ether oxygens (including phenoxy) is 1. The smallest absolute Gasteiger partial charge is 0.336 e. The first kappa shape index (κ1) is 19.9. The van der Waals surface area contributed by atoms with Crippen molar-refractivity contribution in [3.63, 3.8) is 0 Å². The van der Waals surface area contributed by atoms with E-state index in [9.17, 15) is 9.59 Å². The van der Waals surface area contributed by atoms with Crippen LogP contribution >= 0.6 is 0 Å². The molecule has 3 aliphatic heterocycles. The molecule has 0 N–H and O–H groups in total. The molecular formula is C22H26N6O3. The summed E-state index contributed by atoms with van der Waals surface area (Å²) in [6, 6.07) is 8.21. The van der Waals surface area contributed by atoms with Crippen LogP contribution in [0.3, 0.4) is 0 Å². The summed E-state index contributed by atoms with van der Waals surface area (Å²) in [5.74, 6) is -0.124. The number of carbonyl (C=O) groups is 2. The molecule has 0 aliphatic carbocycles. The number of benzene rings is 1. The Kier molecular flexibility index (Phi) is 5.05. The van der Waals surface area contributed by atoms with Crippen LogP contribution in [0.25, 0.3) is 5.69 Å². The predicted molar refractivity (Wildman–Crippen MR) is 111 cm³/mol. The maximum Gasteiger partial charge on any atom is 0.336 e. The molecule has 1 spiro atoms. The molecule has 5 rings (SSSR count). The monoisotopic (exact) mass is 422 g/mol. The standard InChI is InChI=1S/C22H26N6O3/c1-16-19(14-31-20(16)29)27-13-9-22(21(27)30)7-11-26(12-8-22)10-6-17-2-4-18(5-3-17)28-24-15-23-25-28/h2-5,15H,6-14H2,1H3. The fourth-order valence-electron chi connectivity index (χ4n) is 4.86. The van der Waals surface area contributed by atoms with Crippen LogP contribution in [-0.2, 0) is 20.7 Å². The number of amides is 1. The number of hydrogen-bond acceptors (Lipinski definition) is 7. The summed E-state index contributed by atoms with van der Waals surface area (Å²) < 4.78 is 5.11. The molecule has 0 radical (unpaired) electrons. The van der Waals surface area contributed by atoms with Crippen molar-refractivity contribution in [3.05, 3.63) is 47.4 Å². The average molecular weight is 422 g/mol. The Bertz CT molecular complexity index is 1010. The molecule has 2 fully saturated rings. The van der Waals surface area contributed by atoms with Gasteiger partial charge in [0.2, 0.25) is 5.91 Å². The van der Waals surface area contributed by atoms with Crippen molar-refractivity contribution in [1.29, 1.82) is 0 Å². The molecule has 1 aromatic carbocycles. The molecule has 31 heavy (non-hydrogen) atoms. The zero-order valence-corrected chi connectivity index (χ0v) is 17.7. The van der Waals surface area contributed by atoms with E-state index in [1.54, 1.807) is 11.8 Å². The highest BCUT2D eigenvalue weighted by molar-refractivity contribution is 5.94. The number of likely N-dealkylation sites (tertiary alicyclic amines) is 2. The number of rotatable bonds is 5. The van der Waals surface area contributed by atoms with Crippen molar-refractivity contribution in [2.45, 2.75) is 32.6 Å². The number of tetrazole rings is 1. The lowest BCUT2D eigenvalue weighted by Crippen LogP contribution is -2.45. The second-order valence-electron chi connectivity index (χ2n) is 8.62. The number of hydrogen-bond donors (Lipinski definition) is 0. The first-order valence-corrected chi connectivity index (χ1v) is 10.8. The van der Waals surface area contributed by atoms with Crippen molar-refractivity contribution in [2.75, 3.05) is 32.8 Å².